The fraction of sp³-hybridized carbons (Fsp3) is 0.571. The van der Waals surface area contributed by atoms with Crippen molar-refractivity contribution in [3.63, 3.8) is 0 Å². The van der Waals surface area contributed by atoms with Gasteiger partial charge in [-0.15, -0.1) is 0 Å². The van der Waals surface area contributed by atoms with Gasteiger partial charge < -0.3 is 4.74 Å². The summed E-state index contributed by atoms with van der Waals surface area (Å²) in [7, 11) is 0. The lowest BCUT2D eigenvalue weighted by Crippen LogP contribution is -2.21. The molecular weight excluding hydrogens is 344 g/mol. The minimum Gasteiger partial charge on any atom is -0.375 e. The fourth-order valence-electron chi connectivity index (χ4n) is 2.67. The largest absolute Gasteiger partial charge is 0.375 e. The van der Waals surface area contributed by atoms with Crippen LogP contribution in [0.3, 0.4) is 0 Å². The summed E-state index contributed by atoms with van der Waals surface area (Å²) in [5, 5.41) is 0. The molecule has 0 radical (unpaired) electrons. The van der Waals surface area contributed by atoms with Crippen LogP contribution in [0.1, 0.15) is 31.2 Å². The lowest BCUT2D eigenvalue weighted by atomic mass is 9.84. The van der Waals surface area contributed by atoms with Gasteiger partial charge in [0, 0.05) is 15.2 Å². The molecule has 0 aliphatic carbocycles. The first-order valence-electron chi connectivity index (χ1n) is 6.05. The molecule has 0 spiro atoms. The molecule has 1 heterocycles. The van der Waals surface area contributed by atoms with E-state index in [1.807, 2.05) is 0 Å². The molecule has 0 amide bonds. The maximum absolute atomic E-state index is 5.91. The molecule has 1 nitrogen and oxygen atoms in total. The third-order valence-electron chi connectivity index (χ3n) is 3.85. The lowest BCUT2D eigenvalue weighted by Gasteiger charge is -2.24. The molecule has 94 valence electrons. The zero-order valence-electron chi connectivity index (χ0n) is 10.4. The molecule has 17 heavy (non-hydrogen) atoms. The van der Waals surface area contributed by atoms with Crippen molar-refractivity contribution in [2.24, 2.45) is 11.8 Å². The normalized spacial score (nSPS) is 34.9. The summed E-state index contributed by atoms with van der Waals surface area (Å²) in [5.74, 6) is 1.11. The molecule has 1 fully saturated rings. The average Bonchev–Trinajstić information content (AvgIpc) is 2.53. The molecule has 0 bridgehead atoms. The third kappa shape index (κ3) is 2.77. The summed E-state index contributed by atoms with van der Waals surface area (Å²) in [4.78, 5) is 0.366. The predicted octanol–water partition coefficient (Wildman–Crippen LogP) is 4.94. The SMILES string of the molecule is CC1OC(C)C(C(Br)c2ccc(Br)cc2)C1C. The first kappa shape index (κ1) is 13.6. The smallest absolute Gasteiger partial charge is 0.0596 e. The van der Waals surface area contributed by atoms with Crippen molar-refractivity contribution in [3.8, 4) is 0 Å². The zero-order chi connectivity index (χ0) is 12.6. The predicted molar refractivity (Wildman–Crippen MR) is 78.5 cm³/mol. The van der Waals surface area contributed by atoms with Gasteiger partial charge in [0.15, 0.2) is 0 Å². The standard InChI is InChI=1S/C14H18Br2O/c1-8-9(2)17-10(3)13(8)14(16)11-4-6-12(15)7-5-11/h4-10,13-14H,1-3H3. The van der Waals surface area contributed by atoms with Gasteiger partial charge in [-0.2, -0.15) is 0 Å². The van der Waals surface area contributed by atoms with Gasteiger partial charge in [-0.3, -0.25) is 0 Å². The monoisotopic (exact) mass is 360 g/mol. The molecule has 5 unspecified atom stereocenters. The summed E-state index contributed by atoms with van der Waals surface area (Å²) < 4.78 is 7.04. The second-order valence-electron chi connectivity index (χ2n) is 4.94. The molecule has 5 atom stereocenters. The molecular formula is C14H18Br2O. The highest BCUT2D eigenvalue weighted by Gasteiger charge is 2.41. The molecule has 0 aromatic heterocycles. The Hall–Kier alpha value is 0.140. The van der Waals surface area contributed by atoms with Crippen molar-refractivity contribution in [1.29, 1.82) is 0 Å². The first-order valence-corrected chi connectivity index (χ1v) is 7.76. The summed E-state index contributed by atoms with van der Waals surface area (Å²) in [5.41, 5.74) is 1.33. The van der Waals surface area contributed by atoms with E-state index in [0.29, 0.717) is 28.9 Å². The van der Waals surface area contributed by atoms with Crippen LogP contribution in [0, 0.1) is 11.8 Å². The Morgan fingerprint density at radius 2 is 1.65 bits per heavy atom. The van der Waals surface area contributed by atoms with E-state index in [9.17, 15) is 0 Å². The molecule has 1 saturated heterocycles. The van der Waals surface area contributed by atoms with Crippen LogP contribution in [0.2, 0.25) is 0 Å². The molecule has 1 aliphatic heterocycles. The van der Waals surface area contributed by atoms with E-state index in [-0.39, 0.29) is 0 Å². The van der Waals surface area contributed by atoms with E-state index >= 15 is 0 Å². The highest BCUT2D eigenvalue weighted by atomic mass is 79.9. The molecule has 1 aromatic rings. The van der Waals surface area contributed by atoms with E-state index < -0.39 is 0 Å². The van der Waals surface area contributed by atoms with Crippen LogP contribution in [0.5, 0.6) is 0 Å². The number of rotatable bonds is 2. The summed E-state index contributed by atoms with van der Waals surface area (Å²) in [6.07, 6.45) is 0.665. The van der Waals surface area contributed by atoms with E-state index in [4.69, 9.17) is 4.74 Å². The van der Waals surface area contributed by atoms with Crippen molar-refractivity contribution in [3.05, 3.63) is 34.3 Å². The van der Waals surface area contributed by atoms with Crippen LogP contribution in [0.4, 0.5) is 0 Å². The van der Waals surface area contributed by atoms with Crippen LogP contribution in [-0.4, -0.2) is 12.2 Å². The van der Waals surface area contributed by atoms with Gasteiger partial charge in [0.1, 0.15) is 0 Å². The Morgan fingerprint density at radius 1 is 1.06 bits per heavy atom. The zero-order valence-corrected chi connectivity index (χ0v) is 13.5. The lowest BCUT2D eigenvalue weighted by molar-refractivity contribution is 0.0511. The summed E-state index contributed by atoms with van der Waals surface area (Å²) >= 11 is 7.32. The molecule has 1 aliphatic rings. The van der Waals surface area contributed by atoms with Crippen LogP contribution >= 0.6 is 31.9 Å². The number of ether oxygens (including phenoxy) is 1. The molecule has 0 N–H and O–H groups in total. The van der Waals surface area contributed by atoms with E-state index in [2.05, 4.69) is 76.9 Å². The minimum absolute atomic E-state index is 0.313. The minimum atomic E-state index is 0.313. The van der Waals surface area contributed by atoms with Crippen molar-refractivity contribution in [2.45, 2.75) is 37.8 Å². The maximum Gasteiger partial charge on any atom is 0.0596 e. The quantitative estimate of drug-likeness (QED) is 0.677. The molecule has 1 aromatic carbocycles. The first-order chi connectivity index (χ1) is 8.00. The van der Waals surface area contributed by atoms with E-state index in [1.54, 1.807) is 0 Å². The van der Waals surface area contributed by atoms with Gasteiger partial charge in [-0.25, -0.2) is 0 Å². The van der Waals surface area contributed by atoms with Gasteiger partial charge >= 0.3 is 0 Å². The number of halogens is 2. The van der Waals surface area contributed by atoms with Gasteiger partial charge in [0.25, 0.3) is 0 Å². The van der Waals surface area contributed by atoms with Gasteiger partial charge in [-0.05, 0) is 37.5 Å². The number of benzene rings is 1. The van der Waals surface area contributed by atoms with Gasteiger partial charge in [-0.1, -0.05) is 50.9 Å². The molecule has 3 heteroatoms. The average molecular weight is 362 g/mol. The Bertz CT molecular complexity index is 376. The van der Waals surface area contributed by atoms with Gasteiger partial charge in [0.2, 0.25) is 0 Å². The van der Waals surface area contributed by atoms with Crippen LogP contribution in [-0.2, 0) is 4.74 Å². The highest BCUT2D eigenvalue weighted by Crippen LogP contribution is 2.44. The Kier molecular flexibility index (Phi) is 4.32. The van der Waals surface area contributed by atoms with Crippen molar-refractivity contribution < 1.29 is 4.74 Å². The second-order valence-corrected chi connectivity index (χ2v) is 6.84. The van der Waals surface area contributed by atoms with Crippen LogP contribution in [0.15, 0.2) is 28.7 Å². The summed E-state index contributed by atoms with van der Waals surface area (Å²) in [6, 6.07) is 8.54. The van der Waals surface area contributed by atoms with Crippen LogP contribution in [0.25, 0.3) is 0 Å². The van der Waals surface area contributed by atoms with E-state index in [0.717, 1.165) is 4.47 Å². The maximum atomic E-state index is 5.91. The van der Waals surface area contributed by atoms with Crippen molar-refractivity contribution in [1.82, 2.24) is 0 Å². The molecule has 2 rings (SSSR count). The van der Waals surface area contributed by atoms with Gasteiger partial charge in [0.05, 0.1) is 12.2 Å². The second kappa shape index (κ2) is 5.41. The topological polar surface area (TPSA) is 9.23 Å². The Balaban J connectivity index is 2.19. The fourth-order valence-corrected chi connectivity index (χ4v) is 4.15. The highest BCUT2D eigenvalue weighted by molar-refractivity contribution is 9.10. The summed E-state index contributed by atoms with van der Waals surface area (Å²) in [6.45, 7) is 6.63. The molecule has 0 saturated carbocycles. The number of alkyl halides is 1. The van der Waals surface area contributed by atoms with Crippen molar-refractivity contribution >= 4 is 31.9 Å². The number of hydrogen-bond acceptors (Lipinski definition) is 1. The van der Waals surface area contributed by atoms with Crippen molar-refractivity contribution in [2.75, 3.05) is 0 Å². The Labute approximate surface area is 120 Å². The van der Waals surface area contributed by atoms with Crippen LogP contribution < -0.4 is 0 Å². The number of hydrogen-bond donors (Lipinski definition) is 0. The Morgan fingerprint density at radius 3 is 2.12 bits per heavy atom. The van der Waals surface area contributed by atoms with E-state index in [1.165, 1.54) is 5.56 Å². The third-order valence-corrected chi connectivity index (χ3v) is 5.51.